The summed E-state index contributed by atoms with van der Waals surface area (Å²) in [6.45, 7) is 10.8. The van der Waals surface area contributed by atoms with Crippen LogP contribution in [0.5, 0.6) is 0 Å². The number of nitrogen functional groups attached to an aromatic ring is 1. The van der Waals surface area contributed by atoms with Crippen molar-refractivity contribution in [2.45, 2.75) is 40.7 Å². The second kappa shape index (κ2) is 3.72. The number of fused-ring (bicyclic) bond motifs is 1. The molecule has 0 bridgehead atoms. The molecule has 0 aliphatic rings. The van der Waals surface area contributed by atoms with Gasteiger partial charge in [0, 0.05) is 12.2 Å². The van der Waals surface area contributed by atoms with Gasteiger partial charge in [-0.1, -0.05) is 20.8 Å². The Balaban J connectivity index is 2.70. The Morgan fingerprint density at radius 2 is 2.00 bits per heavy atom. The van der Waals surface area contributed by atoms with E-state index in [1.54, 1.807) is 0 Å². The molecule has 1 atom stereocenters. The molecule has 4 heteroatoms. The molecule has 0 aromatic carbocycles. The van der Waals surface area contributed by atoms with Crippen molar-refractivity contribution in [3.8, 4) is 0 Å². The molecule has 4 nitrogen and oxygen atoms in total. The van der Waals surface area contributed by atoms with Crippen molar-refractivity contribution in [3.05, 3.63) is 17.8 Å². The average molecular weight is 232 g/mol. The number of anilines is 1. The summed E-state index contributed by atoms with van der Waals surface area (Å²) in [5, 5.41) is 0. The number of imidazole rings is 1. The van der Waals surface area contributed by atoms with Crippen LogP contribution in [-0.4, -0.2) is 14.5 Å². The monoisotopic (exact) mass is 232 g/mol. The van der Waals surface area contributed by atoms with E-state index in [4.69, 9.17) is 5.73 Å². The van der Waals surface area contributed by atoms with Crippen LogP contribution in [0.1, 0.15) is 39.3 Å². The van der Waals surface area contributed by atoms with Crippen molar-refractivity contribution in [1.29, 1.82) is 0 Å². The van der Waals surface area contributed by atoms with E-state index < -0.39 is 0 Å². The SMILES string of the molecule is Cc1ccnc2c1nc(N)n2C(C)C(C)(C)C. The molecule has 2 heterocycles. The predicted octanol–water partition coefficient (Wildman–Crippen LogP) is 2.93. The summed E-state index contributed by atoms with van der Waals surface area (Å²) in [5.41, 5.74) is 9.05. The molecule has 0 aliphatic heterocycles. The van der Waals surface area contributed by atoms with E-state index in [9.17, 15) is 0 Å². The molecule has 0 spiro atoms. The number of rotatable bonds is 1. The predicted molar refractivity (Wildman–Crippen MR) is 70.8 cm³/mol. The van der Waals surface area contributed by atoms with Crippen LogP contribution in [0.25, 0.3) is 11.2 Å². The fourth-order valence-electron chi connectivity index (χ4n) is 1.90. The van der Waals surface area contributed by atoms with Crippen molar-refractivity contribution in [2.24, 2.45) is 5.41 Å². The van der Waals surface area contributed by atoms with E-state index in [-0.39, 0.29) is 11.5 Å². The third kappa shape index (κ3) is 1.88. The van der Waals surface area contributed by atoms with E-state index in [1.165, 1.54) is 0 Å². The molecule has 0 radical (unpaired) electrons. The Morgan fingerprint density at radius 1 is 1.35 bits per heavy atom. The summed E-state index contributed by atoms with van der Waals surface area (Å²) >= 11 is 0. The summed E-state index contributed by atoms with van der Waals surface area (Å²) in [6.07, 6.45) is 1.81. The zero-order chi connectivity index (χ0) is 12.8. The maximum Gasteiger partial charge on any atom is 0.202 e. The molecule has 17 heavy (non-hydrogen) atoms. The maximum absolute atomic E-state index is 6.03. The fourth-order valence-corrected chi connectivity index (χ4v) is 1.90. The van der Waals surface area contributed by atoms with Crippen LogP contribution < -0.4 is 5.73 Å². The van der Waals surface area contributed by atoms with Gasteiger partial charge in [0.05, 0.1) is 0 Å². The van der Waals surface area contributed by atoms with Gasteiger partial charge in [0.25, 0.3) is 0 Å². The lowest BCUT2D eigenvalue weighted by atomic mass is 9.88. The van der Waals surface area contributed by atoms with Crippen LogP contribution in [0.2, 0.25) is 0 Å². The zero-order valence-electron chi connectivity index (χ0n) is 11.2. The Kier molecular flexibility index (Phi) is 2.60. The lowest BCUT2D eigenvalue weighted by Crippen LogP contribution is -2.23. The van der Waals surface area contributed by atoms with Crippen LogP contribution in [0.15, 0.2) is 12.3 Å². The van der Waals surface area contributed by atoms with Crippen molar-refractivity contribution in [3.63, 3.8) is 0 Å². The van der Waals surface area contributed by atoms with Crippen LogP contribution in [0.3, 0.4) is 0 Å². The third-order valence-corrected chi connectivity index (χ3v) is 3.45. The van der Waals surface area contributed by atoms with E-state index in [2.05, 4.69) is 37.7 Å². The smallest absolute Gasteiger partial charge is 0.202 e. The Morgan fingerprint density at radius 3 is 2.59 bits per heavy atom. The van der Waals surface area contributed by atoms with Gasteiger partial charge in [-0.2, -0.15) is 0 Å². The van der Waals surface area contributed by atoms with Crippen LogP contribution in [0, 0.1) is 12.3 Å². The highest BCUT2D eigenvalue weighted by Crippen LogP contribution is 2.34. The molecule has 92 valence electrons. The lowest BCUT2D eigenvalue weighted by molar-refractivity contribution is 0.269. The first-order chi connectivity index (χ1) is 7.82. The number of pyridine rings is 1. The largest absolute Gasteiger partial charge is 0.369 e. The summed E-state index contributed by atoms with van der Waals surface area (Å²) < 4.78 is 2.03. The van der Waals surface area contributed by atoms with Gasteiger partial charge >= 0.3 is 0 Å². The molecule has 2 N–H and O–H groups in total. The number of aryl methyl sites for hydroxylation is 1. The van der Waals surface area contributed by atoms with Gasteiger partial charge in [0.1, 0.15) is 5.52 Å². The molecule has 0 amide bonds. The van der Waals surface area contributed by atoms with Gasteiger partial charge in [-0.3, -0.25) is 4.57 Å². The number of aromatic nitrogens is 3. The molecular weight excluding hydrogens is 212 g/mol. The van der Waals surface area contributed by atoms with Gasteiger partial charge in [0.15, 0.2) is 5.65 Å². The lowest BCUT2D eigenvalue weighted by Gasteiger charge is -2.29. The normalized spacial score (nSPS) is 14.2. The Hall–Kier alpha value is -1.58. The van der Waals surface area contributed by atoms with Crippen molar-refractivity contribution < 1.29 is 0 Å². The zero-order valence-corrected chi connectivity index (χ0v) is 11.2. The van der Waals surface area contributed by atoms with Gasteiger partial charge in [-0.05, 0) is 30.9 Å². The number of hydrogen-bond donors (Lipinski definition) is 1. The highest BCUT2D eigenvalue weighted by Gasteiger charge is 2.26. The minimum Gasteiger partial charge on any atom is -0.369 e. The minimum atomic E-state index is 0.118. The van der Waals surface area contributed by atoms with Crippen molar-refractivity contribution in [1.82, 2.24) is 14.5 Å². The third-order valence-electron chi connectivity index (χ3n) is 3.45. The second-order valence-corrected chi connectivity index (χ2v) is 5.68. The van der Waals surface area contributed by atoms with Crippen molar-refractivity contribution in [2.75, 3.05) is 5.73 Å². The first kappa shape index (κ1) is 11.9. The highest BCUT2D eigenvalue weighted by atomic mass is 15.2. The number of nitrogens with zero attached hydrogens (tertiary/aromatic N) is 3. The second-order valence-electron chi connectivity index (χ2n) is 5.68. The average Bonchev–Trinajstić information content (AvgIpc) is 2.54. The topological polar surface area (TPSA) is 56.7 Å². The van der Waals surface area contributed by atoms with Crippen molar-refractivity contribution >= 4 is 17.1 Å². The maximum atomic E-state index is 6.03. The van der Waals surface area contributed by atoms with E-state index >= 15 is 0 Å². The Bertz CT molecular complexity index is 548. The standard InChI is InChI=1S/C13H20N4/c1-8-6-7-15-11-10(8)16-12(14)17(11)9(2)13(3,4)5/h6-7,9H,1-5H3,(H2,14,16). The summed E-state index contributed by atoms with van der Waals surface area (Å²) in [6, 6.07) is 2.21. The first-order valence-corrected chi connectivity index (χ1v) is 5.91. The molecule has 0 aliphatic carbocycles. The molecule has 1 unspecified atom stereocenters. The van der Waals surface area contributed by atoms with Crippen LogP contribution in [-0.2, 0) is 0 Å². The van der Waals surface area contributed by atoms with E-state index in [0.717, 1.165) is 16.7 Å². The summed E-state index contributed by atoms with van der Waals surface area (Å²) in [4.78, 5) is 8.84. The van der Waals surface area contributed by atoms with Crippen LogP contribution >= 0.6 is 0 Å². The van der Waals surface area contributed by atoms with Gasteiger partial charge in [-0.15, -0.1) is 0 Å². The molecule has 0 saturated heterocycles. The molecule has 2 aromatic heterocycles. The minimum absolute atomic E-state index is 0.118. The molecule has 2 rings (SSSR count). The van der Waals surface area contributed by atoms with E-state index in [0.29, 0.717) is 5.95 Å². The molecular formula is C13H20N4. The first-order valence-electron chi connectivity index (χ1n) is 5.91. The highest BCUT2D eigenvalue weighted by molar-refractivity contribution is 5.77. The van der Waals surface area contributed by atoms with Gasteiger partial charge in [0.2, 0.25) is 5.95 Å². The van der Waals surface area contributed by atoms with Crippen LogP contribution in [0.4, 0.5) is 5.95 Å². The Labute approximate surface area is 102 Å². The van der Waals surface area contributed by atoms with Gasteiger partial charge < -0.3 is 5.73 Å². The fraction of sp³-hybridized carbons (Fsp3) is 0.538. The summed E-state index contributed by atoms with van der Waals surface area (Å²) in [5.74, 6) is 0.546. The molecule has 0 fully saturated rings. The summed E-state index contributed by atoms with van der Waals surface area (Å²) in [7, 11) is 0. The number of nitrogens with two attached hydrogens (primary N) is 1. The van der Waals surface area contributed by atoms with E-state index in [1.807, 2.05) is 23.8 Å². The molecule has 0 saturated carbocycles. The van der Waals surface area contributed by atoms with Gasteiger partial charge in [-0.25, -0.2) is 9.97 Å². The quantitative estimate of drug-likeness (QED) is 0.822. The molecule has 2 aromatic rings. The number of hydrogen-bond acceptors (Lipinski definition) is 3.